The maximum atomic E-state index is 12.7. The van der Waals surface area contributed by atoms with E-state index in [4.69, 9.17) is 4.74 Å². The number of halogens is 1. The number of carbonyl (C=O) groups excluding carboxylic acids is 1. The summed E-state index contributed by atoms with van der Waals surface area (Å²) in [5.74, 6) is 0.383. The molecule has 0 aliphatic rings. The average molecular weight is 598 g/mol. The molecular formula is C31H25BrN4O2S. The highest BCUT2D eigenvalue weighted by Gasteiger charge is 2.09. The van der Waals surface area contributed by atoms with Gasteiger partial charge < -0.3 is 10.1 Å². The quantitative estimate of drug-likeness (QED) is 0.134. The number of benzene rings is 4. The highest BCUT2D eigenvalue weighted by atomic mass is 79.9. The molecule has 1 heterocycles. The monoisotopic (exact) mass is 596 g/mol. The van der Waals surface area contributed by atoms with Crippen LogP contribution in [0.5, 0.6) is 5.75 Å². The number of rotatable bonds is 9. The molecule has 1 aromatic heterocycles. The lowest BCUT2D eigenvalue weighted by Crippen LogP contribution is -2.17. The molecule has 0 unspecified atom stereocenters. The first kappa shape index (κ1) is 26.3. The van der Waals surface area contributed by atoms with Crippen molar-refractivity contribution in [2.75, 3.05) is 5.32 Å². The van der Waals surface area contributed by atoms with Crippen molar-refractivity contribution in [3.8, 4) is 17.0 Å². The number of nitrogens with one attached hydrogen (secondary N) is 2. The molecule has 6 nitrogen and oxygen atoms in total. The topological polar surface area (TPSA) is 75.6 Å². The summed E-state index contributed by atoms with van der Waals surface area (Å²) >= 11 is 4.97. The number of ether oxygens (including phenoxy) is 1. The van der Waals surface area contributed by atoms with E-state index in [1.165, 1.54) is 16.9 Å². The molecule has 1 amide bonds. The molecule has 0 aliphatic carbocycles. The number of aromatic nitrogens is 1. The van der Waals surface area contributed by atoms with Crippen LogP contribution in [0.25, 0.3) is 11.3 Å². The van der Waals surface area contributed by atoms with Gasteiger partial charge in [0.05, 0.1) is 11.9 Å². The third-order valence-electron chi connectivity index (χ3n) is 5.85. The van der Waals surface area contributed by atoms with E-state index in [-0.39, 0.29) is 5.91 Å². The highest BCUT2D eigenvalue weighted by molar-refractivity contribution is 9.10. The summed E-state index contributed by atoms with van der Waals surface area (Å²) in [6, 6.07) is 31.0. The van der Waals surface area contributed by atoms with E-state index in [0.717, 1.165) is 37.7 Å². The van der Waals surface area contributed by atoms with E-state index >= 15 is 0 Å². The van der Waals surface area contributed by atoms with Crippen molar-refractivity contribution in [1.82, 2.24) is 10.4 Å². The first-order valence-electron chi connectivity index (χ1n) is 12.2. The van der Waals surface area contributed by atoms with Crippen molar-refractivity contribution in [2.24, 2.45) is 5.10 Å². The lowest BCUT2D eigenvalue weighted by Gasteiger charge is -2.09. The van der Waals surface area contributed by atoms with Crippen LogP contribution in [0.15, 0.2) is 112 Å². The Hall–Kier alpha value is -4.27. The summed E-state index contributed by atoms with van der Waals surface area (Å²) in [7, 11) is 0. The average Bonchev–Trinajstić information content (AvgIpc) is 3.43. The maximum absolute atomic E-state index is 12.7. The molecule has 0 atom stereocenters. The van der Waals surface area contributed by atoms with E-state index in [2.05, 4.69) is 55.8 Å². The minimum absolute atomic E-state index is 0.300. The summed E-state index contributed by atoms with van der Waals surface area (Å²) in [6.07, 6.45) is 1.58. The van der Waals surface area contributed by atoms with Crippen LogP contribution in [0.4, 0.5) is 10.8 Å². The number of anilines is 2. The molecule has 0 saturated carbocycles. The molecule has 8 heteroatoms. The van der Waals surface area contributed by atoms with E-state index in [9.17, 15) is 4.79 Å². The van der Waals surface area contributed by atoms with Crippen LogP contribution in [0.2, 0.25) is 0 Å². The fourth-order valence-corrected chi connectivity index (χ4v) is 4.71. The van der Waals surface area contributed by atoms with E-state index in [1.54, 1.807) is 18.3 Å². The van der Waals surface area contributed by atoms with Crippen LogP contribution in [-0.4, -0.2) is 17.1 Å². The zero-order chi connectivity index (χ0) is 27.0. The zero-order valence-corrected chi connectivity index (χ0v) is 23.5. The Morgan fingerprint density at radius 1 is 0.974 bits per heavy atom. The van der Waals surface area contributed by atoms with Crippen LogP contribution >= 0.6 is 27.3 Å². The van der Waals surface area contributed by atoms with Gasteiger partial charge in [-0.1, -0.05) is 70.0 Å². The predicted molar refractivity (Wildman–Crippen MR) is 162 cm³/mol. The maximum Gasteiger partial charge on any atom is 0.271 e. The van der Waals surface area contributed by atoms with Crippen molar-refractivity contribution in [3.63, 3.8) is 0 Å². The summed E-state index contributed by atoms with van der Waals surface area (Å²) < 4.78 is 6.99. The van der Waals surface area contributed by atoms with E-state index in [0.29, 0.717) is 17.9 Å². The van der Waals surface area contributed by atoms with Crippen molar-refractivity contribution in [2.45, 2.75) is 13.5 Å². The fraction of sp³-hybridized carbons (Fsp3) is 0.0645. The standard InChI is InChI=1S/C31H25BrN4O2S/c1-21-6-16-27(17-7-21)34-31-35-28(20-39-31)23-10-12-24(13-11-23)30(37)36-33-18-25-4-2-3-5-29(25)38-19-22-8-14-26(32)15-9-22/h2-18,20H,19H2,1H3,(H,34,35)(H,36,37)/b33-18-. The number of aryl methyl sites for hydroxylation is 1. The normalized spacial score (nSPS) is 10.9. The minimum atomic E-state index is -0.300. The molecule has 0 bridgehead atoms. The van der Waals surface area contributed by atoms with Crippen LogP contribution in [0, 0.1) is 6.92 Å². The molecule has 0 aliphatic heterocycles. The first-order valence-corrected chi connectivity index (χ1v) is 13.9. The second kappa shape index (κ2) is 12.5. The Bertz CT molecular complexity index is 1580. The second-order valence-electron chi connectivity index (χ2n) is 8.76. The van der Waals surface area contributed by atoms with Crippen molar-refractivity contribution >= 4 is 50.2 Å². The number of hydrogen-bond acceptors (Lipinski definition) is 6. The largest absolute Gasteiger partial charge is 0.488 e. The number of hydrogen-bond donors (Lipinski definition) is 2. The molecule has 5 rings (SSSR count). The SMILES string of the molecule is Cc1ccc(Nc2nc(-c3ccc(C(=O)N/N=C\c4ccccc4OCc4ccc(Br)cc4)cc3)cs2)cc1. The van der Waals surface area contributed by atoms with Gasteiger partial charge in [0.15, 0.2) is 5.13 Å². The molecule has 39 heavy (non-hydrogen) atoms. The molecule has 0 fully saturated rings. The first-order chi connectivity index (χ1) is 19.0. The molecule has 194 valence electrons. The van der Waals surface area contributed by atoms with Gasteiger partial charge in [0.25, 0.3) is 5.91 Å². The fourth-order valence-electron chi connectivity index (χ4n) is 3.70. The Kier molecular flexibility index (Phi) is 8.45. The van der Waals surface area contributed by atoms with Gasteiger partial charge in [-0.25, -0.2) is 10.4 Å². The van der Waals surface area contributed by atoms with Gasteiger partial charge in [-0.05, 0) is 61.0 Å². The van der Waals surface area contributed by atoms with Crippen LogP contribution in [0.1, 0.15) is 27.0 Å². The number of thiazole rings is 1. The summed E-state index contributed by atoms with van der Waals surface area (Å²) in [5.41, 5.74) is 8.90. The second-order valence-corrected chi connectivity index (χ2v) is 10.5. The van der Waals surface area contributed by atoms with E-state index in [1.807, 2.05) is 78.2 Å². The molecule has 4 aromatic carbocycles. The Balaban J connectivity index is 1.17. The molecule has 5 aromatic rings. The van der Waals surface area contributed by atoms with Gasteiger partial charge >= 0.3 is 0 Å². The summed E-state index contributed by atoms with van der Waals surface area (Å²) in [6.45, 7) is 2.49. The molecular weight excluding hydrogens is 572 g/mol. The number of carbonyl (C=O) groups is 1. The third kappa shape index (κ3) is 7.19. The van der Waals surface area contributed by atoms with Crippen LogP contribution < -0.4 is 15.5 Å². The van der Waals surface area contributed by atoms with Gasteiger partial charge in [-0.3, -0.25) is 4.79 Å². The van der Waals surface area contributed by atoms with Gasteiger partial charge in [0.1, 0.15) is 12.4 Å². The van der Waals surface area contributed by atoms with Crippen molar-refractivity contribution < 1.29 is 9.53 Å². The Morgan fingerprint density at radius 3 is 2.49 bits per heavy atom. The number of para-hydroxylation sites is 1. The van der Waals surface area contributed by atoms with Crippen LogP contribution in [0.3, 0.4) is 0 Å². The van der Waals surface area contributed by atoms with Crippen molar-refractivity contribution in [1.29, 1.82) is 0 Å². The molecule has 0 saturated heterocycles. The van der Waals surface area contributed by atoms with Crippen molar-refractivity contribution in [3.05, 3.63) is 129 Å². The zero-order valence-electron chi connectivity index (χ0n) is 21.1. The van der Waals surface area contributed by atoms with Gasteiger partial charge in [-0.2, -0.15) is 5.10 Å². The van der Waals surface area contributed by atoms with Crippen LogP contribution in [-0.2, 0) is 6.61 Å². The molecule has 0 radical (unpaired) electrons. The number of amides is 1. The smallest absolute Gasteiger partial charge is 0.271 e. The van der Waals surface area contributed by atoms with E-state index < -0.39 is 0 Å². The summed E-state index contributed by atoms with van der Waals surface area (Å²) in [4.78, 5) is 17.3. The lowest BCUT2D eigenvalue weighted by atomic mass is 10.1. The minimum Gasteiger partial charge on any atom is -0.488 e. The lowest BCUT2D eigenvalue weighted by molar-refractivity contribution is 0.0955. The molecule has 2 N–H and O–H groups in total. The highest BCUT2D eigenvalue weighted by Crippen LogP contribution is 2.27. The number of hydrazone groups is 1. The predicted octanol–water partition coefficient (Wildman–Crippen LogP) is 7.97. The Morgan fingerprint density at radius 2 is 1.72 bits per heavy atom. The van der Waals surface area contributed by atoms with Gasteiger partial charge in [0.2, 0.25) is 0 Å². The Labute approximate surface area is 239 Å². The van der Waals surface area contributed by atoms with Gasteiger partial charge in [0, 0.05) is 32.2 Å². The third-order valence-corrected chi connectivity index (χ3v) is 7.13. The number of nitrogens with zero attached hydrogens (tertiary/aromatic N) is 2. The van der Waals surface area contributed by atoms with Gasteiger partial charge in [-0.15, -0.1) is 11.3 Å². The summed E-state index contributed by atoms with van der Waals surface area (Å²) in [5, 5.41) is 10.3. The molecule has 0 spiro atoms.